The Morgan fingerprint density at radius 3 is 1.11 bits per heavy atom. The van der Waals surface area contributed by atoms with Crippen molar-refractivity contribution in [2.45, 2.75) is 142 Å². The summed E-state index contributed by atoms with van der Waals surface area (Å²) in [5, 5.41) is 30.8. The van der Waals surface area contributed by atoms with Gasteiger partial charge in [-0.1, -0.05) is 26.0 Å². The molecule has 22 aliphatic carbocycles. The Labute approximate surface area is 406 Å². The SMILES string of the molecule is CC(C)Cc1cccc2c1C13c4c5c6c7c8c9c%10c%11c%12c%13c%14c%15c(c%16c%13c%10c7c4-%16)C1(S2)C1C%15C2c4c7c%10c%13c%15c%16c%17c%18c%19c%20c%21c%22c%23c(c4c4c%22c%19c%16c%104)C2C%14C%12C%23C%21C%11C9C%20C%18C8C6C%17C%15C5C3C%13C71. The molecule has 11 aromatic carbocycles. The van der Waals surface area contributed by atoms with Crippen molar-refractivity contribution < 1.29 is 0 Å². The van der Waals surface area contributed by atoms with Crippen molar-refractivity contribution in [3.8, 4) is 11.1 Å². The highest BCUT2D eigenvalue weighted by Gasteiger charge is 2.89. The Bertz CT molecular complexity index is 5500. The van der Waals surface area contributed by atoms with E-state index in [2.05, 4.69) is 60.5 Å². The lowest BCUT2D eigenvalue weighted by molar-refractivity contribution is 0.0337. The topological polar surface area (TPSA) is 0 Å². The largest absolute Gasteiger partial charge is 0.112 e. The molecule has 22 atom stereocenters. The molecule has 71 heavy (non-hydrogen) atoms. The Morgan fingerprint density at radius 1 is 0.338 bits per heavy atom. The normalized spacial score (nSPS) is 47.5. The first-order valence-electron chi connectivity index (χ1n) is 29.3. The maximum atomic E-state index is 2.74. The molecule has 23 aliphatic rings. The molecule has 1 saturated carbocycles. The molecule has 0 nitrogen and oxygen atoms in total. The van der Waals surface area contributed by atoms with Gasteiger partial charge in [0.2, 0.25) is 0 Å². The molecule has 1 heteroatoms. The zero-order valence-corrected chi connectivity index (χ0v) is 39.3. The molecule has 22 unspecified atom stereocenters. The summed E-state index contributed by atoms with van der Waals surface area (Å²) in [6, 6.07) is 8.04. The van der Waals surface area contributed by atoms with Gasteiger partial charge in [-0.2, -0.15) is 0 Å². The fraction of sp³-hybridized carbons (Fsp3) is 0.371. The molecule has 2 spiro atoms. The second-order valence-electron chi connectivity index (χ2n) is 30.5. The smallest absolute Gasteiger partial charge is 0.0645 e. The monoisotopic (exact) mass is 904 g/mol. The van der Waals surface area contributed by atoms with Crippen molar-refractivity contribution in [2.75, 3.05) is 0 Å². The van der Waals surface area contributed by atoms with Crippen molar-refractivity contribution in [1.82, 2.24) is 0 Å². The predicted molar refractivity (Wildman–Crippen MR) is 275 cm³/mol. The molecular formula is C70H32S. The minimum Gasteiger partial charge on any atom is -0.112 e. The number of hydrogen-bond acceptors (Lipinski definition) is 1. The van der Waals surface area contributed by atoms with E-state index in [4.69, 9.17) is 0 Å². The van der Waals surface area contributed by atoms with E-state index < -0.39 is 0 Å². The standard InChI is InChI=1S/C70H32S/c1-7(2)6-8-4-3-5-9-64(8)69-65-56-48-38-28-20-12-10-11-14-18-16(12)24-32-26(18)36-30-22(14)23-15(11)19-17-13(10)21(20)29-35-25(17)33-27(19)37-31(23)41-40(30)52-46(36)54-44(32)50(42(48)34(24)28)58(65)60(54)67-62(52)63-53(41)47(37)55-45(33)51-43(35)49(39(29)38)57(56)66(69)59(51)61(55)68(63)70(67,69)71-9/h3-5,7,12,14,16,18,20,22,28,30,38-41,49,53,57,59,61,63,66,68H,6H2,1-2H3. The van der Waals surface area contributed by atoms with E-state index in [0.29, 0.717) is 124 Å². The van der Waals surface area contributed by atoms with Crippen LogP contribution >= 0.6 is 11.8 Å². The molecule has 1 heterocycles. The van der Waals surface area contributed by atoms with Crippen molar-refractivity contribution in [3.05, 3.63) is 141 Å². The van der Waals surface area contributed by atoms with Crippen LogP contribution in [0.3, 0.4) is 0 Å². The van der Waals surface area contributed by atoms with Gasteiger partial charge in [0, 0.05) is 10.3 Å². The van der Waals surface area contributed by atoms with Crippen LogP contribution in [-0.2, 0) is 16.6 Å². The van der Waals surface area contributed by atoms with Crippen LogP contribution < -0.4 is 0 Å². The first-order valence-corrected chi connectivity index (χ1v) is 30.1. The van der Waals surface area contributed by atoms with Crippen LogP contribution in [0.25, 0.3) is 97.3 Å². The van der Waals surface area contributed by atoms with Gasteiger partial charge in [-0.25, -0.2) is 0 Å². The Hall–Kier alpha value is -5.37. The van der Waals surface area contributed by atoms with E-state index in [1.807, 2.05) is 197 Å². The summed E-state index contributed by atoms with van der Waals surface area (Å²) in [7, 11) is 0. The zero-order valence-electron chi connectivity index (χ0n) is 38.5. The van der Waals surface area contributed by atoms with Crippen LogP contribution in [0.5, 0.6) is 0 Å². The third-order valence-corrected chi connectivity index (χ3v) is 32.6. The molecule has 1 fully saturated rings. The first-order chi connectivity index (χ1) is 35.2. The summed E-state index contributed by atoms with van der Waals surface area (Å²) in [4.78, 5) is 1.75. The maximum absolute atomic E-state index is 2.74. The average Bonchev–Trinajstić information content (AvgIpc) is 4.39. The van der Waals surface area contributed by atoms with Crippen LogP contribution in [0.1, 0.15) is 243 Å². The van der Waals surface area contributed by atoms with Crippen molar-refractivity contribution in [3.63, 3.8) is 0 Å². The Balaban J connectivity index is 1.02. The molecule has 0 saturated heterocycles. The quantitative estimate of drug-likeness (QED) is 0.156. The Morgan fingerprint density at radius 2 is 0.662 bits per heavy atom. The molecule has 0 N–H and O–H groups in total. The minimum absolute atomic E-state index is 0.0338. The molecule has 0 bridgehead atoms. The molecule has 0 radical (unpaired) electrons. The molecule has 318 valence electrons. The molecule has 0 amide bonds. The fourth-order valence-electron chi connectivity index (χ4n) is 32.6. The third-order valence-electron chi connectivity index (χ3n) is 30.9. The van der Waals surface area contributed by atoms with Gasteiger partial charge in [0.1, 0.15) is 0 Å². The molecule has 1 aliphatic heterocycles. The van der Waals surface area contributed by atoms with E-state index in [0.717, 1.165) is 0 Å². The first kappa shape index (κ1) is 28.8. The summed E-state index contributed by atoms with van der Waals surface area (Å²) in [5.74, 6) is 14.1. The number of rotatable bonds is 2. The molecule has 0 aromatic heterocycles. The van der Waals surface area contributed by atoms with Crippen LogP contribution in [0, 0.1) is 17.8 Å². The highest BCUT2D eigenvalue weighted by molar-refractivity contribution is 8.00. The predicted octanol–water partition coefficient (Wildman–Crippen LogP) is 15.7. The summed E-state index contributed by atoms with van der Waals surface area (Å²) in [5.41, 5.74) is 48.5. The fourth-order valence-corrected chi connectivity index (χ4v) is 34.7. The van der Waals surface area contributed by atoms with Crippen molar-refractivity contribution in [2.24, 2.45) is 17.8 Å². The van der Waals surface area contributed by atoms with Crippen molar-refractivity contribution >= 4 is 97.9 Å². The molecule has 34 rings (SSSR count). The highest BCUT2D eigenvalue weighted by atomic mass is 32.2. The van der Waals surface area contributed by atoms with E-state index in [9.17, 15) is 0 Å². The van der Waals surface area contributed by atoms with Crippen LogP contribution in [0.4, 0.5) is 0 Å². The average molecular weight is 905 g/mol. The van der Waals surface area contributed by atoms with E-state index in [1.54, 1.807) is 10.5 Å². The van der Waals surface area contributed by atoms with Crippen LogP contribution in [0.2, 0.25) is 0 Å². The molecule has 11 aromatic rings. The number of hydrogen-bond donors (Lipinski definition) is 0. The van der Waals surface area contributed by atoms with Gasteiger partial charge < -0.3 is 0 Å². The number of fused-ring (bicyclic) bond motifs is 1. The van der Waals surface area contributed by atoms with Gasteiger partial charge in [-0.3, -0.25) is 0 Å². The lowest BCUT2D eigenvalue weighted by atomic mass is 9.39. The highest BCUT2D eigenvalue weighted by Crippen LogP contribution is 3.01. The summed E-state index contributed by atoms with van der Waals surface area (Å²) in [6.45, 7) is 5.11. The lowest BCUT2D eigenvalue weighted by Gasteiger charge is -2.65. The van der Waals surface area contributed by atoms with Crippen LogP contribution in [-0.4, -0.2) is 0 Å². The van der Waals surface area contributed by atoms with Gasteiger partial charge in [0.05, 0.1) is 4.75 Å². The third kappa shape index (κ3) is 1.61. The lowest BCUT2D eigenvalue weighted by Crippen LogP contribution is -2.62. The van der Waals surface area contributed by atoms with E-state index >= 15 is 0 Å². The minimum atomic E-state index is 0.0338. The zero-order chi connectivity index (χ0) is 42.3. The summed E-state index contributed by atoms with van der Waals surface area (Å²) >= 11 is 2.60. The van der Waals surface area contributed by atoms with Gasteiger partial charge in [0.15, 0.2) is 0 Å². The van der Waals surface area contributed by atoms with Gasteiger partial charge in [-0.15, -0.1) is 11.8 Å². The van der Waals surface area contributed by atoms with E-state index in [1.165, 1.54) is 6.42 Å². The maximum Gasteiger partial charge on any atom is 0.0645 e. The second-order valence-corrected chi connectivity index (χ2v) is 31.8. The van der Waals surface area contributed by atoms with Crippen LogP contribution in [0.15, 0.2) is 23.1 Å². The van der Waals surface area contributed by atoms with Gasteiger partial charge >= 0.3 is 0 Å². The molecular weight excluding hydrogens is 873 g/mol. The number of thioether (sulfide) groups is 1. The number of benzene rings is 10. The summed E-state index contributed by atoms with van der Waals surface area (Å²) in [6.07, 6.45) is 1.23. The summed E-state index contributed by atoms with van der Waals surface area (Å²) < 4.78 is 0.0654. The van der Waals surface area contributed by atoms with Gasteiger partial charge in [0.25, 0.3) is 0 Å². The van der Waals surface area contributed by atoms with Gasteiger partial charge in [-0.05, 0) is 356 Å². The van der Waals surface area contributed by atoms with Crippen molar-refractivity contribution in [1.29, 1.82) is 0 Å². The second kappa shape index (κ2) is 6.70. The Kier molecular flexibility index (Phi) is 2.71. The van der Waals surface area contributed by atoms with E-state index in [-0.39, 0.29) is 10.2 Å².